The number of carbonyl (C=O) groups excluding carboxylic acids is 1. The molecule has 0 saturated carbocycles. The maximum absolute atomic E-state index is 12.8. The van der Waals surface area contributed by atoms with E-state index in [2.05, 4.69) is 5.32 Å². The smallest absolute Gasteiger partial charge is 0.231 e. The summed E-state index contributed by atoms with van der Waals surface area (Å²) in [6, 6.07) is 15.1. The summed E-state index contributed by atoms with van der Waals surface area (Å²) in [6.07, 6.45) is 0. The highest BCUT2D eigenvalue weighted by Crippen LogP contribution is 2.36. The Morgan fingerprint density at radius 3 is 2.25 bits per heavy atom. The molecule has 3 rings (SSSR count). The van der Waals surface area contributed by atoms with Crippen LogP contribution >= 0.6 is 11.6 Å². The zero-order valence-corrected chi connectivity index (χ0v) is 17.0. The molecule has 28 heavy (non-hydrogen) atoms. The van der Waals surface area contributed by atoms with Gasteiger partial charge < -0.3 is 19.5 Å². The quantitative estimate of drug-likeness (QED) is 0.614. The fourth-order valence-corrected chi connectivity index (χ4v) is 3.23. The number of rotatable bonds is 6. The van der Waals surface area contributed by atoms with Gasteiger partial charge in [-0.25, -0.2) is 0 Å². The molecule has 0 fully saturated rings. The number of ether oxygens (including phenoxy) is 3. The second-order valence-corrected chi connectivity index (χ2v) is 6.78. The molecule has 0 aromatic heterocycles. The number of carbonyl (C=O) groups is 1. The molecule has 0 saturated heterocycles. The van der Waals surface area contributed by atoms with Gasteiger partial charge in [-0.3, -0.25) is 4.79 Å². The van der Waals surface area contributed by atoms with Crippen LogP contribution in [-0.2, 0) is 4.79 Å². The van der Waals surface area contributed by atoms with Crippen molar-refractivity contribution in [3.63, 3.8) is 0 Å². The van der Waals surface area contributed by atoms with Gasteiger partial charge in [-0.2, -0.15) is 0 Å². The third-order valence-corrected chi connectivity index (χ3v) is 4.99. The highest BCUT2D eigenvalue weighted by Gasteiger charge is 2.19. The minimum Gasteiger partial charge on any atom is -0.497 e. The zero-order valence-electron chi connectivity index (χ0n) is 16.2. The van der Waals surface area contributed by atoms with E-state index in [4.69, 9.17) is 25.8 Å². The molecule has 6 heteroatoms. The Kier molecular flexibility index (Phi) is 5.95. The molecule has 0 aliphatic heterocycles. The van der Waals surface area contributed by atoms with Gasteiger partial charge in [0.1, 0.15) is 17.2 Å². The van der Waals surface area contributed by atoms with Crippen LogP contribution in [0.3, 0.4) is 0 Å². The minimum atomic E-state index is -0.364. The molecule has 0 radical (unpaired) electrons. The van der Waals surface area contributed by atoms with E-state index in [1.807, 2.05) is 43.3 Å². The van der Waals surface area contributed by atoms with E-state index in [1.54, 1.807) is 19.2 Å². The standard InChI is InChI=1S/C22H22ClNO4/c1-13(14-5-6-16-10-17(26-2)8-7-15(16)9-14)22(25)24-19-11-18(23)20(27-3)12-21(19)28-4/h5-13H,1-4H3,(H,24,25)/t13-/m0/s1. The van der Waals surface area contributed by atoms with Crippen molar-refractivity contribution < 1.29 is 19.0 Å². The molecule has 1 atom stereocenters. The van der Waals surface area contributed by atoms with Crippen LogP contribution in [0.4, 0.5) is 5.69 Å². The van der Waals surface area contributed by atoms with Gasteiger partial charge in [0.15, 0.2) is 0 Å². The average Bonchev–Trinajstić information content (AvgIpc) is 2.72. The van der Waals surface area contributed by atoms with Crippen molar-refractivity contribution >= 4 is 34.0 Å². The number of nitrogens with one attached hydrogen (secondary N) is 1. The van der Waals surface area contributed by atoms with Crippen molar-refractivity contribution in [1.82, 2.24) is 0 Å². The van der Waals surface area contributed by atoms with Crippen molar-refractivity contribution in [1.29, 1.82) is 0 Å². The van der Waals surface area contributed by atoms with E-state index in [0.717, 1.165) is 22.1 Å². The number of halogens is 1. The topological polar surface area (TPSA) is 56.8 Å². The lowest BCUT2D eigenvalue weighted by Crippen LogP contribution is -2.19. The average molecular weight is 400 g/mol. The van der Waals surface area contributed by atoms with Gasteiger partial charge in [-0.05, 0) is 41.5 Å². The van der Waals surface area contributed by atoms with E-state index in [-0.39, 0.29) is 11.8 Å². The molecule has 1 amide bonds. The first-order chi connectivity index (χ1) is 13.5. The molecular weight excluding hydrogens is 378 g/mol. The van der Waals surface area contributed by atoms with Crippen molar-refractivity contribution in [2.45, 2.75) is 12.8 Å². The fourth-order valence-electron chi connectivity index (χ4n) is 2.99. The van der Waals surface area contributed by atoms with Crippen molar-refractivity contribution in [2.24, 2.45) is 0 Å². The third-order valence-electron chi connectivity index (χ3n) is 4.70. The van der Waals surface area contributed by atoms with Crippen LogP contribution in [0.1, 0.15) is 18.4 Å². The van der Waals surface area contributed by atoms with Gasteiger partial charge in [0.05, 0.1) is 38.0 Å². The van der Waals surface area contributed by atoms with Crippen LogP contribution in [-0.4, -0.2) is 27.2 Å². The molecule has 1 N–H and O–H groups in total. The molecule has 0 spiro atoms. The summed E-state index contributed by atoms with van der Waals surface area (Å²) in [5.41, 5.74) is 1.41. The third kappa shape index (κ3) is 3.99. The Hall–Kier alpha value is -2.92. The van der Waals surface area contributed by atoms with Crippen LogP contribution in [0.2, 0.25) is 5.02 Å². The van der Waals surface area contributed by atoms with Gasteiger partial charge in [-0.15, -0.1) is 0 Å². The molecule has 0 bridgehead atoms. The Labute approximate surface area is 169 Å². The van der Waals surface area contributed by atoms with E-state index >= 15 is 0 Å². The number of fused-ring (bicyclic) bond motifs is 1. The summed E-state index contributed by atoms with van der Waals surface area (Å²) >= 11 is 6.19. The van der Waals surface area contributed by atoms with Crippen molar-refractivity contribution in [2.75, 3.05) is 26.6 Å². The molecular formula is C22H22ClNO4. The van der Waals surface area contributed by atoms with Crippen LogP contribution in [0.25, 0.3) is 10.8 Å². The zero-order chi connectivity index (χ0) is 20.3. The van der Waals surface area contributed by atoms with Gasteiger partial charge in [0.25, 0.3) is 0 Å². The lowest BCUT2D eigenvalue weighted by atomic mass is 9.97. The van der Waals surface area contributed by atoms with E-state index < -0.39 is 0 Å². The summed E-state index contributed by atoms with van der Waals surface area (Å²) in [5.74, 6) is 1.24. The molecule has 0 heterocycles. The van der Waals surface area contributed by atoms with Crippen molar-refractivity contribution in [3.8, 4) is 17.2 Å². The predicted octanol–water partition coefficient (Wildman–Crippen LogP) is 5.26. The summed E-state index contributed by atoms with van der Waals surface area (Å²) < 4.78 is 15.8. The van der Waals surface area contributed by atoms with Crippen LogP contribution in [0.15, 0.2) is 48.5 Å². The molecule has 0 unspecified atom stereocenters. The molecule has 146 valence electrons. The van der Waals surface area contributed by atoms with Gasteiger partial charge >= 0.3 is 0 Å². The van der Waals surface area contributed by atoms with Gasteiger partial charge in [0.2, 0.25) is 5.91 Å². The highest BCUT2D eigenvalue weighted by molar-refractivity contribution is 6.32. The van der Waals surface area contributed by atoms with E-state index in [1.165, 1.54) is 14.2 Å². The summed E-state index contributed by atoms with van der Waals surface area (Å²) in [4.78, 5) is 12.8. The number of amides is 1. The maximum atomic E-state index is 12.8. The molecule has 0 aliphatic carbocycles. The predicted molar refractivity (Wildman–Crippen MR) is 112 cm³/mol. The Balaban J connectivity index is 1.85. The SMILES string of the molecule is COc1ccc2cc([C@H](C)C(=O)Nc3cc(Cl)c(OC)cc3OC)ccc2c1. The number of benzene rings is 3. The van der Waals surface area contributed by atoms with Crippen LogP contribution in [0.5, 0.6) is 17.2 Å². The second kappa shape index (κ2) is 8.40. The normalized spacial score (nSPS) is 11.8. The fraction of sp³-hybridized carbons (Fsp3) is 0.227. The number of hydrogen-bond donors (Lipinski definition) is 1. The first-order valence-corrected chi connectivity index (χ1v) is 9.14. The van der Waals surface area contributed by atoms with Crippen molar-refractivity contribution in [3.05, 3.63) is 59.1 Å². The molecule has 5 nitrogen and oxygen atoms in total. The maximum Gasteiger partial charge on any atom is 0.231 e. The minimum absolute atomic E-state index is 0.160. The largest absolute Gasteiger partial charge is 0.497 e. The summed E-state index contributed by atoms with van der Waals surface area (Å²) in [6.45, 7) is 1.86. The molecule has 3 aromatic carbocycles. The Morgan fingerprint density at radius 1 is 0.893 bits per heavy atom. The van der Waals surface area contributed by atoms with E-state index in [0.29, 0.717) is 22.2 Å². The Bertz CT molecular complexity index is 1020. The van der Waals surface area contributed by atoms with Crippen LogP contribution < -0.4 is 19.5 Å². The first kappa shape index (κ1) is 19.8. The second-order valence-electron chi connectivity index (χ2n) is 6.37. The number of methoxy groups -OCH3 is 3. The highest BCUT2D eigenvalue weighted by atomic mass is 35.5. The van der Waals surface area contributed by atoms with Gasteiger partial charge in [-0.1, -0.05) is 35.9 Å². The lowest BCUT2D eigenvalue weighted by molar-refractivity contribution is -0.117. The van der Waals surface area contributed by atoms with Gasteiger partial charge in [0, 0.05) is 6.07 Å². The lowest BCUT2D eigenvalue weighted by Gasteiger charge is -2.16. The Morgan fingerprint density at radius 2 is 1.57 bits per heavy atom. The summed E-state index contributed by atoms with van der Waals surface area (Å²) in [5, 5.41) is 5.39. The van der Waals surface area contributed by atoms with Crippen LogP contribution in [0, 0.1) is 0 Å². The molecule has 0 aliphatic rings. The summed E-state index contributed by atoms with van der Waals surface area (Å²) in [7, 11) is 4.69. The molecule has 3 aromatic rings. The number of hydrogen-bond acceptors (Lipinski definition) is 4. The van der Waals surface area contributed by atoms with E-state index in [9.17, 15) is 4.79 Å². The first-order valence-electron chi connectivity index (χ1n) is 8.77. The monoisotopic (exact) mass is 399 g/mol. The number of anilines is 1.